The first-order chi connectivity index (χ1) is 17.6. The molecule has 2 heterocycles. The molecule has 3 aromatic rings. The highest BCUT2D eigenvalue weighted by atomic mass is 16.5. The number of benzene rings is 2. The van der Waals surface area contributed by atoms with E-state index >= 15 is 0 Å². The van der Waals surface area contributed by atoms with Gasteiger partial charge in [0.15, 0.2) is 0 Å². The number of rotatable bonds is 9. The molecule has 3 N–H and O–H groups in total. The molecule has 0 saturated carbocycles. The van der Waals surface area contributed by atoms with Gasteiger partial charge >= 0.3 is 5.97 Å². The van der Waals surface area contributed by atoms with Crippen LogP contribution in [-0.4, -0.2) is 67.4 Å². The number of methoxy groups -OCH3 is 1. The zero-order valence-electron chi connectivity index (χ0n) is 20.4. The number of carbonyl (C=O) groups is 2. The molecular weight excluding hydrogens is 456 g/mol. The third-order valence-electron chi connectivity index (χ3n) is 6.43. The minimum atomic E-state index is -0.403. The highest BCUT2D eigenvalue weighted by molar-refractivity contribution is 5.99. The van der Waals surface area contributed by atoms with Gasteiger partial charge in [-0.1, -0.05) is 42.5 Å². The Bertz CT molecular complexity index is 1150. The van der Waals surface area contributed by atoms with Crippen molar-refractivity contribution in [3.63, 3.8) is 0 Å². The predicted molar refractivity (Wildman–Crippen MR) is 138 cm³/mol. The van der Waals surface area contributed by atoms with Gasteiger partial charge in [0.1, 0.15) is 0 Å². The summed E-state index contributed by atoms with van der Waals surface area (Å²) in [6.45, 7) is 2.14. The van der Waals surface area contributed by atoms with Crippen LogP contribution in [0.15, 0.2) is 73.1 Å². The number of aromatic nitrogens is 1. The summed E-state index contributed by atoms with van der Waals surface area (Å²) < 4.78 is 4.79. The standard InChI is InChI=1S/C28H32N4O4/c1-36-28(35)22-9-7-21(8-10-22)16-24-17-30-13-14-32(24)26-11-12-29-18-25(26)27(34)31-23(19-33)15-20-5-3-2-4-6-20/h2-12,18,23-24,30,33H,13-17,19H2,1H3,(H,31,34). The quantitative estimate of drug-likeness (QED) is 0.397. The lowest BCUT2D eigenvalue weighted by atomic mass is 10.00. The summed E-state index contributed by atoms with van der Waals surface area (Å²) in [7, 11) is 1.37. The number of anilines is 1. The van der Waals surface area contributed by atoms with Gasteiger partial charge < -0.3 is 25.4 Å². The van der Waals surface area contributed by atoms with Crippen LogP contribution in [0.25, 0.3) is 0 Å². The number of pyridine rings is 1. The second kappa shape index (κ2) is 12.3. The fourth-order valence-corrected chi connectivity index (χ4v) is 4.56. The Balaban J connectivity index is 1.50. The summed E-state index contributed by atoms with van der Waals surface area (Å²) >= 11 is 0. The Kier molecular flexibility index (Phi) is 8.65. The number of hydrogen-bond acceptors (Lipinski definition) is 7. The number of aliphatic hydroxyl groups excluding tert-OH is 1. The molecule has 188 valence electrons. The average Bonchev–Trinajstić information content (AvgIpc) is 2.93. The van der Waals surface area contributed by atoms with Crippen LogP contribution in [0.1, 0.15) is 31.8 Å². The number of carbonyl (C=O) groups excluding carboxylic acids is 2. The van der Waals surface area contributed by atoms with Crippen LogP contribution in [0.5, 0.6) is 0 Å². The molecule has 1 aromatic heterocycles. The van der Waals surface area contributed by atoms with Crippen molar-refractivity contribution in [2.24, 2.45) is 0 Å². The maximum atomic E-state index is 13.3. The van der Waals surface area contributed by atoms with Crippen LogP contribution in [0.3, 0.4) is 0 Å². The van der Waals surface area contributed by atoms with Gasteiger partial charge in [-0.05, 0) is 42.2 Å². The van der Waals surface area contributed by atoms with Crippen molar-refractivity contribution in [3.8, 4) is 0 Å². The van der Waals surface area contributed by atoms with E-state index in [4.69, 9.17) is 4.74 Å². The second-order valence-corrected chi connectivity index (χ2v) is 8.88. The maximum absolute atomic E-state index is 13.3. The van der Waals surface area contributed by atoms with E-state index in [0.717, 1.165) is 42.9 Å². The first-order valence-electron chi connectivity index (χ1n) is 12.1. The lowest BCUT2D eigenvalue weighted by Crippen LogP contribution is -2.53. The Morgan fingerprint density at radius 2 is 1.92 bits per heavy atom. The summed E-state index contributed by atoms with van der Waals surface area (Å²) in [5, 5.41) is 16.3. The van der Waals surface area contributed by atoms with Crippen molar-refractivity contribution in [3.05, 3.63) is 95.3 Å². The number of nitrogens with one attached hydrogen (secondary N) is 2. The molecule has 1 fully saturated rings. The molecule has 1 amide bonds. The largest absolute Gasteiger partial charge is 0.465 e. The molecule has 2 atom stereocenters. The van der Waals surface area contributed by atoms with Crippen molar-refractivity contribution >= 4 is 17.6 Å². The molecule has 1 saturated heterocycles. The molecule has 0 aliphatic carbocycles. The predicted octanol–water partition coefficient (Wildman–Crippen LogP) is 2.22. The monoisotopic (exact) mass is 488 g/mol. The molecule has 36 heavy (non-hydrogen) atoms. The Morgan fingerprint density at radius 1 is 1.14 bits per heavy atom. The summed E-state index contributed by atoms with van der Waals surface area (Å²) in [5.41, 5.74) is 3.95. The lowest BCUT2D eigenvalue weighted by molar-refractivity contribution is 0.0600. The molecule has 4 rings (SSSR count). The van der Waals surface area contributed by atoms with Gasteiger partial charge in [-0.3, -0.25) is 9.78 Å². The SMILES string of the molecule is COC(=O)c1ccc(CC2CNCCN2c2ccncc2C(=O)NC(CO)Cc2ccccc2)cc1. The third kappa shape index (κ3) is 6.27. The van der Waals surface area contributed by atoms with Crippen molar-refractivity contribution < 1.29 is 19.4 Å². The Labute approximate surface area is 211 Å². The summed E-state index contributed by atoms with van der Waals surface area (Å²) in [5.74, 6) is -0.615. The normalized spacial score (nSPS) is 16.3. The number of amides is 1. The van der Waals surface area contributed by atoms with Crippen molar-refractivity contribution in [2.75, 3.05) is 38.3 Å². The Morgan fingerprint density at radius 3 is 2.64 bits per heavy atom. The molecular formula is C28H32N4O4. The third-order valence-corrected chi connectivity index (χ3v) is 6.43. The summed E-state index contributed by atoms with van der Waals surface area (Å²) in [4.78, 5) is 31.5. The number of aliphatic hydroxyl groups is 1. The van der Waals surface area contributed by atoms with E-state index < -0.39 is 6.04 Å². The fraction of sp³-hybridized carbons (Fsp3) is 0.321. The topological polar surface area (TPSA) is 104 Å². The van der Waals surface area contributed by atoms with Crippen molar-refractivity contribution in [1.29, 1.82) is 0 Å². The number of nitrogens with zero attached hydrogens (tertiary/aromatic N) is 2. The molecule has 2 aromatic carbocycles. The van der Waals surface area contributed by atoms with E-state index in [9.17, 15) is 14.7 Å². The van der Waals surface area contributed by atoms with E-state index in [-0.39, 0.29) is 24.5 Å². The van der Waals surface area contributed by atoms with Gasteiger partial charge in [0, 0.05) is 38.1 Å². The van der Waals surface area contributed by atoms with E-state index in [0.29, 0.717) is 17.5 Å². The average molecular weight is 489 g/mol. The smallest absolute Gasteiger partial charge is 0.337 e. The number of esters is 1. The summed E-state index contributed by atoms with van der Waals surface area (Å²) in [6.07, 6.45) is 4.57. The second-order valence-electron chi connectivity index (χ2n) is 8.88. The van der Waals surface area contributed by atoms with Crippen LogP contribution in [0, 0.1) is 0 Å². The van der Waals surface area contributed by atoms with E-state index in [1.54, 1.807) is 24.5 Å². The minimum Gasteiger partial charge on any atom is -0.465 e. The highest BCUT2D eigenvalue weighted by Gasteiger charge is 2.27. The van der Waals surface area contributed by atoms with Crippen LogP contribution in [-0.2, 0) is 17.6 Å². The molecule has 0 bridgehead atoms. The first kappa shape index (κ1) is 25.3. The number of hydrogen-bond donors (Lipinski definition) is 3. The first-order valence-corrected chi connectivity index (χ1v) is 12.1. The Hall–Kier alpha value is -3.75. The van der Waals surface area contributed by atoms with Crippen LogP contribution >= 0.6 is 0 Å². The van der Waals surface area contributed by atoms with Gasteiger partial charge in [-0.2, -0.15) is 0 Å². The molecule has 1 aliphatic rings. The molecule has 0 radical (unpaired) electrons. The maximum Gasteiger partial charge on any atom is 0.337 e. The highest BCUT2D eigenvalue weighted by Crippen LogP contribution is 2.25. The van der Waals surface area contributed by atoms with Crippen LogP contribution in [0.4, 0.5) is 5.69 Å². The molecule has 8 heteroatoms. The molecule has 8 nitrogen and oxygen atoms in total. The van der Waals surface area contributed by atoms with Gasteiger partial charge in [-0.25, -0.2) is 4.79 Å². The van der Waals surface area contributed by atoms with Gasteiger partial charge in [0.05, 0.1) is 36.6 Å². The van der Waals surface area contributed by atoms with Crippen molar-refractivity contribution in [1.82, 2.24) is 15.6 Å². The van der Waals surface area contributed by atoms with Crippen LogP contribution in [0.2, 0.25) is 0 Å². The van der Waals surface area contributed by atoms with E-state index in [1.807, 2.05) is 48.5 Å². The van der Waals surface area contributed by atoms with Gasteiger partial charge in [0.25, 0.3) is 5.91 Å². The molecule has 1 aliphatic heterocycles. The van der Waals surface area contributed by atoms with E-state index in [1.165, 1.54) is 7.11 Å². The minimum absolute atomic E-state index is 0.106. The van der Waals surface area contributed by atoms with Gasteiger partial charge in [-0.15, -0.1) is 0 Å². The van der Waals surface area contributed by atoms with Crippen LogP contribution < -0.4 is 15.5 Å². The summed E-state index contributed by atoms with van der Waals surface area (Å²) in [6, 6.07) is 18.8. The van der Waals surface area contributed by atoms with Gasteiger partial charge in [0.2, 0.25) is 0 Å². The number of ether oxygens (including phenoxy) is 1. The molecule has 0 spiro atoms. The molecule has 2 unspecified atom stereocenters. The zero-order chi connectivity index (χ0) is 25.3. The zero-order valence-corrected chi connectivity index (χ0v) is 20.4. The lowest BCUT2D eigenvalue weighted by Gasteiger charge is -2.39. The number of piperazine rings is 1. The van der Waals surface area contributed by atoms with E-state index in [2.05, 4.69) is 20.5 Å². The fourth-order valence-electron chi connectivity index (χ4n) is 4.56. The van der Waals surface area contributed by atoms with Crippen molar-refractivity contribution in [2.45, 2.75) is 24.9 Å².